The van der Waals surface area contributed by atoms with Crippen LogP contribution < -0.4 is 0 Å². The fourth-order valence-electron chi connectivity index (χ4n) is 0. The van der Waals surface area contributed by atoms with E-state index in [-0.39, 0.29) is 121 Å². The second-order valence-electron chi connectivity index (χ2n) is 0. The molecule has 128 valence electrons. The molecule has 1 unspecified atom stereocenters. The molecule has 0 aliphatic heterocycles. The fraction of sp³-hybridized carbons (Fsp3) is 1.00. The van der Waals surface area contributed by atoms with Crippen LogP contribution in [0.25, 0.3) is 0 Å². The van der Waals surface area contributed by atoms with E-state index in [1.54, 1.807) is 0 Å². The van der Waals surface area contributed by atoms with E-state index >= 15 is 0 Å². The van der Waals surface area contributed by atoms with Crippen LogP contribution in [0.4, 0.5) is 0 Å². The average Bonchev–Trinajstić information content (AvgIpc) is 0. The first-order chi connectivity index (χ1) is 0. The van der Waals surface area contributed by atoms with Gasteiger partial charge >= 0.3 is 0 Å². The van der Waals surface area contributed by atoms with Crippen LogP contribution >= 0.6 is 9.90 Å². The van der Waals surface area contributed by atoms with Gasteiger partial charge in [0.2, 0.25) is 0 Å². The van der Waals surface area contributed by atoms with Crippen molar-refractivity contribution in [2.75, 3.05) is 0 Å². The summed E-state index contributed by atoms with van der Waals surface area (Å²) in [4.78, 5) is 0. The predicted octanol–water partition coefficient (Wildman–Crippen LogP) is 9.60. The van der Waals surface area contributed by atoms with Gasteiger partial charge in [-0.2, -0.15) is 9.90 Å². The smallest absolute Gasteiger partial charge is 0.0776 e. The first kappa shape index (κ1) is 21200. The molecule has 0 spiro atoms. The SMILES string of the molecule is C.C.C.C.C.C.C.C.C.C.C.C.C.C.C.P. The number of hydrogen-bond donors (Lipinski definition) is 0. The molecule has 0 aromatic carbocycles. The summed E-state index contributed by atoms with van der Waals surface area (Å²) in [6.45, 7) is 0. The predicted molar refractivity (Wildman–Crippen MR) is 112 cm³/mol. The fourth-order valence-corrected chi connectivity index (χ4v) is 0. The van der Waals surface area contributed by atoms with Crippen LogP contribution in [0.5, 0.6) is 0 Å². The summed E-state index contributed by atoms with van der Waals surface area (Å²) in [5.41, 5.74) is 0. The van der Waals surface area contributed by atoms with Gasteiger partial charge in [-0.15, -0.1) is 0 Å². The van der Waals surface area contributed by atoms with Crippen molar-refractivity contribution in [1.82, 2.24) is 0 Å². The van der Waals surface area contributed by atoms with Crippen molar-refractivity contribution >= 4 is 9.90 Å². The molecule has 0 N–H and O–H groups in total. The lowest BCUT2D eigenvalue weighted by molar-refractivity contribution is 2.50. The Balaban J connectivity index is 0. The summed E-state index contributed by atoms with van der Waals surface area (Å²) in [7, 11) is 0. The maximum Gasteiger partial charge on any atom is -0.0776 e. The standard InChI is InChI=1S/15CH4.H3P/h15*1H4;1H3. The van der Waals surface area contributed by atoms with Crippen LogP contribution in [-0.4, -0.2) is 0 Å². The minimum atomic E-state index is 0. The van der Waals surface area contributed by atoms with Crippen LogP contribution in [0.2, 0.25) is 0 Å². The van der Waals surface area contributed by atoms with Crippen molar-refractivity contribution in [2.45, 2.75) is 111 Å². The number of hydrogen-bond acceptors (Lipinski definition) is 0. The average molecular weight is 275 g/mol. The maximum absolute atomic E-state index is 0. The Morgan fingerprint density at radius 1 is 0.125 bits per heavy atom. The van der Waals surface area contributed by atoms with Crippen molar-refractivity contribution in [1.29, 1.82) is 0 Å². The van der Waals surface area contributed by atoms with Gasteiger partial charge in [0.15, 0.2) is 0 Å². The largest absolute Gasteiger partial charge is 0.153 e. The Labute approximate surface area is 122 Å². The summed E-state index contributed by atoms with van der Waals surface area (Å²) in [5.74, 6) is 0. The molecule has 0 aromatic heterocycles. The summed E-state index contributed by atoms with van der Waals surface area (Å²) in [6, 6.07) is 0. The van der Waals surface area contributed by atoms with Gasteiger partial charge in [-0.1, -0.05) is 111 Å². The van der Waals surface area contributed by atoms with Gasteiger partial charge in [0.05, 0.1) is 0 Å². The summed E-state index contributed by atoms with van der Waals surface area (Å²) in [6.07, 6.45) is 0. The van der Waals surface area contributed by atoms with E-state index in [2.05, 4.69) is 0 Å². The Morgan fingerprint density at radius 2 is 0.125 bits per heavy atom. The Hall–Kier alpha value is 0.430. The topological polar surface area (TPSA) is 0 Å². The second kappa shape index (κ2) is 17400. The molecule has 0 saturated carbocycles. The molecule has 0 saturated heterocycles. The molecule has 0 rings (SSSR count). The van der Waals surface area contributed by atoms with Crippen molar-refractivity contribution in [3.05, 3.63) is 0 Å². The van der Waals surface area contributed by atoms with E-state index in [4.69, 9.17) is 0 Å². The third-order valence-electron chi connectivity index (χ3n) is 0. The normalized spacial score (nSPS) is 0. The second-order valence-corrected chi connectivity index (χ2v) is 0. The van der Waals surface area contributed by atoms with Gasteiger partial charge < -0.3 is 0 Å². The molecular formula is C15H63P. The van der Waals surface area contributed by atoms with Crippen LogP contribution in [-0.2, 0) is 0 Å². The zero-order chi connectivity index (χ0) is 0. The van der Waals surface area contributed by atoms with Gasteiger partial charge in [0.25, 0.3) is 0 Å². The van der Waals surface area contributed by atoms with Gasteiger partial charge in [0, 0.05) is 0 Å². The van der Waals surface area contributed by atoms with Gasteiger partial charge in [-0.05, 0) is 0 Å². The van der Waals surface area contributed by atoms with Crippen LogP contribution in [0.1, 0.15) is 111 Å². The highest BCUT2D eigenvalue weighted by Gasteiger charge is -0.0634. The lowest BCUT2D eigenvalue weighted by Gasteiger charge is -0.154. The summed E-state index contributed by atoms with van der Waals surface area (Å²) >= 11 is 0. The molecule has 0 nitrogen and oxygen atoms in total. The quantitative estimate of drug-likeness (QED) is 0.386. The van der Waals surface area contributed by atoms with E-state index in [0.717, 1.165) is 0 Å². The van der Waals surface area contributed by atoms with E-state index < -0.39 is 0 Å². The van der Waals surface area contributed by atoms with Gasteiger partial charge in [0.1, 0.15) is 0 Å². The Morgan fingerprint density at radius 3 is 0.125 bits per heavy atom. The van der Waals surface area contributed by atoms with E-state index in [1.165, 1.54) is 0 Å². The molecule has 0 aliphatic rings. The molecule has 1 heteroatoms. The van der Waals surface area contributed by atoms with Gasteiger partial charge in [-0.25, -0.2) is 0 Å². The monoisotopic (exact) mass is 274 g/mol. The molecule has 0 aliphatic carbocycles. The van der Waals surface area contributed by atoms with Crippen LogP contribution in [0, 0.1) is 0 Å². The zero-order valence-electron chi connectivity index (χ0n) is 0.707. The molecule has 16 heavy (non-hydrogen) atoms. The maximum atomic E-state index is 0. The molecule has 0 aromatic rings. The molecule has 0 fully saturated rings. The van der Waals surface area contributed by atoms with Crippen LogP contribution in [0.15, 0.2) is 0 Å². The first-order valence-corrected chi connectivity index (χ1v) is 0. The first-order valence-electron chi connectivity index (χ1n) is 0. The zero-order valence-corrected chi connectivity index (χ0v) is 2.12. The molecule has 0 amide bonds. The minimum absolute atomic E-state index is 0. The highest BCUT2D eigenvalue weighted by atomic mass is 31.0. The number of rotatable bonds is 0. The lowest BCUT2D eigenvalue weighted by atomic mass is 12.0. The molecule has 0 radical (unpaired) electrons. The molecule has 0 heterocycles. The van der Waals surface area contributed by atoms with Crippen molar-refractivity contribution in [3.8, 4) is 0 Å². The minimum Gasteiger partial charge on any atom is -0.153 e. The Bertz CT molecular complexity index is 5.40. The van der Waals surface area contributed by atoms with Gasteiger partial charge in [-0.3, -0.25) is 0 Å². The molecule has 0 bridgehead atoms. The highest BCUT2D eigenvalue weighted by molar-refractivity contribution is 6.92. The molecule has 1 atom stereocenters. The van der Waals surface area contributed by atoms with Crippen molar-refractivity contribution in [3.63, 3.8) is 0 Å². The van der Waals surface area contributed by atoms with Crippen LogP contribution in [0.3, 0.4) is 0 Å². The van der Waals surface area contributed by atoms with Crippen molar-refractivity contribution < 1.29 is 0 Å². The van der Waals surface area contributed by atoms with E-state index in [0.29, 0.717) is 0 Å². The highest BCUT2D eigenvalue weighted by Crippen LogP contribution is 0.861. The summed E-state index contributed by atoms with van der Waals surface area (Å²) < 4.78 is 0. The third-order valence-corrected chi connectivity index (χ3v) is 0. The van der Waals surface area contributed by atoms with E-state index in [1.807, 2.05) is 0 Å². The summed E-state index contributed by atoms with van der Waals surface area (Å²) in [5, 5.41) is 0. The Kier molecular flexibility index (Phi) is 23000000. The third kappa shape index (κ3) is 14100. The lowest BCUT2D eigenvalue weighted by Crippen LogP contribution is 0.143. The van der Waals surface area contributed by atoms with E-state index in [9.17, 15) is 0 Å². The van der Waals surface area contributed by atoms with Crippen molar-refractivity contribution in [2.24, 2.45) is 0 Å². The molecular weight excluding hydrogens is 211 g/mol.